The van der Waals surface area contributed by atoms with Gasteiger partial charge in [-0.25, -0.2) is 0 Å². The highest BCUT2D eigenvalue weighted by Crippen LogP contribution is 2.36. The molecule has 1 nitrogen and oxygen atoms in total. The number of aryl methyl sites for hydroxylation is 2. The van der Waals surface area contributed by atoms with Crippen molar-refractivity contribution in [2.24, 2.45) is 0 Å². The fourth-order valence-corrected chi connectivity index (χ4v) is 3.15. The van der Waals surface area contributed by atoms with Crippen LogP contribution in [-0.2, 0) is 12.8 Å². The smallest absolute Gasteiger partial charge is 0.0441 e. The molecule has 1 aliphatic carbocycles. The summed E-state index contributed by atoms with van der Waals surface area (Å²) in [4.78, 5) is 4.82. The average Bonchev–Trinajstić information content (AvgIpc) is 2.61. The Kier molecular flexibility index (Phi) is 3.05. The van der Waals surface area contributed by atoms with Crippen LogP contribution in [0.15, 0.2) is 0 Å². The standard InChI is InChI=1S/C15H23N/c1-9(2)14-11(5)16-13-8-6-7-12(13)15(14)10(3)4/h9-10H,6-8H2,1-5H3. The van der Waals surface area contributed by atoms with Crippen molar-refractivity contribution in [2.75, 3.05) is 0 Å². The maximum atomic E-state index is 4.82. The second kappa shape index (κ2) is 4.20. The lowest BCUT2D eigenvalue weighted by Gasteiger charge is -2.22. The van der Waals surface area contributed by atoms with E-state index in [1.54, 1.807) is 11.1 Å². The molecule has 0 unspecified atom stereocenters. The molecular formula is C15H23N. The van der Waals surface area contributed by atoms with Crippen LogP contribution in [0.25, 0.3) is 0 Å². The van der Waals surface area contributed by atoms with Gasteiger partial charge in [0.1, 0.15) is 0 Å². The number of nitrogens with zero attached hydrogens (tertiary/aromatic N) is 1. The first-order chi connectivity index (χ1) is 7.52. The van der Waals surface area contributed by atoms with Gasteiger partial charge in [-0.05, 0) is 54.7 Å². The molecule has 0 fully saturated rings. The summed E-state index contributed by atoms with van der Waals surface area (Å²) in [5, 5.41) is 0. The number of fused-ring (bicyclic) bond motifs is 1. The molecule has 88 valence electrons. The fourth-order valence-electron chi connectivity index (χ4n) is 3.15. The van der Waals surface area contributed by atoms with E-state index < -0.39 is 0 Å². The van der Waals surface area contributed by atoms with Gasteiger partial charge >= 0.3 is 0 Å². The summed E-state index contributed by atoms with van der Waals surface area (Å²) in [6.07, 6.45) is 3.73. The largest absolute Gasteiger partial charge is 0.258 e. The van der Waals surface area contributed by atoms with Crippen molar-refractivity contribution in [3.63, 3.8) is 0 Å². The predicted octanol–water partition coefficient (Wildman–Crippen LogP) is 4.13. The Bertz CT molecular complexity index is 402. The Morgan fingerprint density at radius 1 is 0.938 bits per heavy atom. The third kappa shape index (κ3) is 1.77. The lowest BCUT2D eigenvalue weighted by Crippen LogP contribution is -2.09. The van der Waals surface area contributed by atoms with Crippen molar-refractivity contribution in [1.82, 2.24) is 4.98 Å². The SMILES string of the molecule is Cc1nc2c(c(C(C)C)c1C(C)C)CCC2. The predicted molar refractivity (Wildman–Crippen MR) is 69.2 cm³/mol. The molecule has 0 amide bonds. The lowest BCUT2D eigenvalue weighted by molar-refractivity contribution is 0.758. The molecule has 0 bridgehead atoms. The van der Waals surface area contributed by atoms with Gasteiger partial charge in [0, 0.05) is 11.4 Å². The van der Waals surface area contributed by atoms with Crippen molar-refractivity contribution >= 4 is 0 Å². The van der Waals surface area contributed by atoms with Crippen LogP contribution in [0.2, 0.25) is 0 Å². The van der Waals surface area contributed by atoms with E-state index in [2.05, 4.69) is 34.6 Å². The minimum Gasteiger partial charge on any atom is -0.258 e. The molecule has 0 atom stereocenters. The summed E-state index contributed by atoms with van der Waals surface area (Å²) < 4.78 is 0. The van der Waals surface area contributed by atoms with Crippen LogP contribution in [0.4, 0.5) is 0 Å². The fraction of sp³-hybridized carbons (Fsp3) is 0.667. The second-order valence-electron chi connectivity index (χ2n) is 5.61. The molecule has 0 N–H and O–H groups in total. The molecule has 0 radical (unpaired) electrons. The molecular weight excluding hydrogens is 194 g/mol. The van der Waals surface area contributed by atoms with Crippen molar-refractivity contribution in [3.05, 3.63) is 28.1 Å². The Hall–Kier alpha value is -0.850. The summed E-state index contributed by atoms with van der Waals surface area (Å²) in [5.41, 5.74) is 7.33. The molecule has 1 aliphatic rings. The van der Waals surface area contributed by atoms with Gasteiger partial charge in [-0.3, -0.25) is 4.98 Å². The van der Waals surface area contributed by atoms with Crippen LogP contribution >= 0.6 is 0 Å². The van der Waals surface area contributed by atoms with E-state index in [1.165, 1.54) is 36.2 Å². The van der Waals surface area contributed by atoms with Gasteiger partial charge in [-0.2, -0.15) is 0 Å². The summed E-state index contributed by atoms with van der Waals surface area (Å²) in [7, 11) is 0. The number of aromatic nitrogens is 1. The first-order valence-corrected chi connectivity index (χ1v) is 6.54. The van der Waals surface area contributed by atoms with E-state index in [9.17, 15) is 0 Å². The van der Waals surface area contributed by atoms with E-state index in [4.69, 9.17) is 4.98 Å². The van der Waals surface area contributed by atoms with Gasteiger partial charge in [0.05, 0.1) is 0 Å². The minimum atomic E-state index is 0.593. The van der Waals surface area contributed by atoms with Crippen LogP contribution in [-0.4, -0.2) is 4.98 Å². The molecule has 16 heavy (non-hydrogen) atoms. The van der Waals surface area contributed by atoms with Gasteiger partial charge in [0.25, 0.3) is 0 Å². The van der Waals surface area contributed by atoms with Crippen LogP contribution in [0.3, 0.4) is 0 Å². The maximum absolute atomic E-state index is 4.82. The van der Waals surface area contributed by atoms with E-state index in [0.717, 1.165) is 0 Å². The van der Waals surface area contributed by atoms with Crippen LogP contribution in [0.5, 0.6) is 0 Å². The normalized spacial score (nSPS) is 14.9. The summed E-state index contributed by atoms with van der Waals surface area (Å²) in [5.74, 6) is 1.22. The Labute approximate surface area is 99.3 Å². The molecule has 1 heterocycles. The van der Waals surface area contributed by atoms with Crippen LogP contribution < -0.4 is 0 Å². The van der Waals surface area contributed by atoms with Crippen molar-refractivity contribution in [2.45, 2.75) is 65.7 Å². The third-order valence-electron chi connectivity index (χ3n) is 3.65. The Morgan fingerprint density at radius 2 is 1.56 bits per heavy atom. The third-order valence-corrected chi connectivity index (χ3v) is 3.65. The number of pyridine rings is 1. The molecule has 2 rings (SSSR count). The monoisotopic (exact) mass is 217 g/mol. The van der Waals surface area contributed by atoms with Crippen LogP contribution in [0, 0.1) is 6.92 Å². The average molecular weight is 217 g/mol. The zero-order valence-electron chi connectivity index (χ0n) is 11.2. The van der Waals surface area contributed by atoms with Crippen LogP contribution in [0.1, 0.15) is 74.0 Å². The maximum Gasteiger partial charge on any atom is 0.0441 e. The van der Waals surface area contributed by atoms with E-state index in [-0.39, 0.29) is 0 Å². The zero-order valence-corrected chi connectivity index (χ0v) is 11.2. The zero-order chi connectivity index (χ0) is 11.9. The second-order valence-corrected chi connectivity index (χ2v) is 5.61. The molecule has 0 aromatic carbocycles. The van der Waals surface area contributed by atoms with E-state index in [0.29, 0.717) is 11.8 Å². The first kappa shape index (κ1) is 11.6. The van der Waals surface area contributed by atoms with Crippen molar-refractivity contribution in [3.8, 4) is 0 Å². The molecule has 0 saturated carbocycles. The summed E-state index contributed by atoms with van der Waals surface area (Å²) >= 11 is 0. The molecule has 0 spiro atoms. The van der Waals surface area contributed by atoms with Crippen molar-refractivity contribution < 1.29 is 0 Å². The van der Waals surface area contributed by atoms with E-state index in [1.807, 2.05) is 0 Å². The number of hydrogen-bond acceptors (Lipinski definition) is 1. The Morgan fingerprint density at radius 3 is 2.12 bits per heavy atom. The summed E-state index contributed by atoms with van der Waals surface area (Å²) in [6.45, 7) is 11.4. The summed E-state index contributed by atoms with van der Waals surface area (Å²) in [6, 6.07) is 0. The van der Waals surface area contributed by atoms with E-state index >= 15 is 0 Å². The molecule has 1 aromatic heterocycles. The molecule has 1 aromatic rings. The van der Waals surface area contributed by atoms with Gasteiger partial charge in [0.15, 0.2) is 0 Å². The highest BCUT2D eigenvalue weighted by atomic mass is 14.7. The van der Waals surface area contributed by atoms with Gasteiger partial charge in [0.2, 0.25) is 0 Å². The van der Waals surface area contributed by atoms with Crippen molar-refractivity contribution in [1.29, 1.82) is 0 Å². The minimum absolute atomic E-state index is 0.593. The molecule has 0 saturated heterocycles. The molecule has 1 heteroatoms. The molecule has 0 aliphatic heterocycles. The highest BCUT2D eigenvalue weighted by molar-refractivity contribution is 5.45. The van der Waals surface area contributed by atoms with Gasteiger partial charge in [-0.1, -0.05) is 27.7 Å². The quantitative estimate of drug-likeness (QED) is 0.726. The number of rotatable bonds is 2. The highest BCUT2D eigenvalue weighted by Gasteiger charge is 2.23. The lowest BCUT2D eigenvalue weighted by atomic mass is 9.86. The number of hydrogen-bond donors (Lipinski definition) is 0. The first-order valence-electron chi connectivity index (χ1n) is 6.54. The Balaban J connectivity index is 2.69. The van der Waals surface area contributed by atoms with Gasteiger partial charge < -0.3 is 0 Å². The topological polar surface area (TPSA) is 12.9 Å². The van der Waals surface area contributed by atoms with Gasteiger partial charge in [-0.15, -0.1) is 0 Å².